The summed E-state index contributed by atoms with van der Waals surface area (Å²) in [6.45, 7) is 13.3. The number of anilines is 4. The van der Waals surface area contributed by atoms with E-state index in [4.69, 9.17) is 9.72 Å². The number of pyridine rings is 1. The number of ether oxygens (including phenoxy) is 1. The van der Waals surface area contributed by atoms with E-state index in [0.29, 0.717) is 11.5 Å². The maximum atomic E-state index is 14.4. The molecule has 7 heteroatoms. The second kappa shape index (κ2) is 18.7. The predicted octanol–water partition coefficient (Wildman–Crippen LogP) is 16.5. The van der Waals surface area contributed by atoms with Gasteiger partial charge in [-0.3, -0.25) is 0 Å². The van der Waals surface area contributed by atoms with Crippen LogP contribution in [-0.4, -0.2) is 9.55 Å². The van der Waals surface area contributed by atoms with Crippen LogP contribution in [0.2, 0.25) is 0 Å². The van der Waals surface area contributed by atoms with Crippen molar-refractivity contribution < 1.29 is 30.2 Å². The summed E-state index contributed by atoms with van der Waals surface area (Å²) in [4.78, 5) is 9.38. The molecule has 10 aromatic rings. The summed E-state index contributed by atoms with van der Waals surface area (Å²) in [5, 5.41) is 2.19. The molecule has 0 saturated carbocycles. The first-order valence-corrected chi connectivity index (χ1v) is 23.4. The van der Waals surface area contributed by atoms with Gasteiger partial charge in [-0.15, -0.1) is 53.6 Å². The quantitative estimate of drug-likeness (QED) is 0.128. The minimum absolute atomic E-state index is 0. The van der Waals surface area contributed by atoms with E-state index in [1.54, 1.807) is 0 Å². The normalized spacial score (nSPS) is 12.4. The monoisotopic (exact) mass is 1080 g/mol. The molecule has 3 heterocycles. The van der Waals surface area contributed by atoms with Gasteiger partial charge >= 0.3 is 0 Å². The Balaban J connectivity index is 0.00000553. The molecule has 0 spiro atoms. The number of aromatic nitrogens is 2. The Morgan fingerprint density at radius 2 is 1.25 bits per heavy atom. The van der Waals surface area contributed by atoms with E-state index >= 15 is 0 Å². The van der Waals surface area contributed by atoms with Crippen LogP contribution >= 0.6 is 0 Å². The molecule has 1 aliphatic rings. The van der Waals surface area contributed by atoms with E-state index in [-0.39, 0.29) is 32.3 Å². The van der Waals surface area contributed by atoms with Gasteiger partial charge in [0.05, 0.1) is 0 Å². The van der Waals surface area contributed by atoms with Crippen molar-refractivity contribution in [1.82, 2.24) is 9.55 Å². The molecule has 0 bridgehead atoms. The van der Waals surface area contributed by atoms with Gasteiger partial charge in [-0.05, 0) is 99.5 Å². The molecular weight excluding hydrogens is 1030 g/mol. The summed E-state index contributed by atoms with van der Waals surface area (Å²) < 4.78 is 23.6. The molecule has 0 radical (unpaired) electrons. The zero-order valence-electron chi connectivity index (χ0n) is 39.2. The smallest absolute Gasteiger partial charge is 0.135 e. The van der Waals surface area contributed by atoms with Gasteiger partial charge in [0.15, 0.2) is 0 Å². The van der Waals surface area contributed by atoms with Crippen molar-refractivity contribution in [3.8, 4) is 50.7 Å². The Hall–Kier alpha value is -7.27. The fraction of sp³-hybridized carbons (Fsp3) is 0.129. The molecular formula is C62H50FN4OPt-3. The summed E-state index contributed by atoms with van der Waals surface area (Å²) >= 11 is 0. The topological polar surface area (TPSA) is 33.5 Å². The van der Waals surface area contributed by atoms with Crippen LogP contribution in [0.4, 0.5) is 27.1 Å². The Morgan fingerprint density at radius 3 is 1.96 bits per heavy atom. The van der Waals surface area contributed by atoms with E-state index in [1.165, 1.54) is 34.4 Å². The van der Waals surface area contributed by atoms with Crippen molar-refractivity contribution in [3.05, 3.63) is 223 Å². The van der Waals surface area contributed by atoms with Crippen LogP contribution in [-0.2, 0) is 39.3 Å². The van der Waals surface area contributed by atoms with Gasteiger partial charge in [-0.1, -0.05) is 149 Å². The zero-order chi connectivity index (χ0) is 46.5. The van der Waals surface area contributed by atoms with Gasteiger partial charge < -0.3 is 19.1 Å². The number of rotatable bonds is 10. The third-order valence-electron chi connectivity index (χ3n) is 13.1. The zero-order valence-corrected chi connectivity index (χ0v) is 41.5. The average molecular weight is 1080 g/mol. The average Bonchev–Trinajstić information content (AvgIpc) is 3.92. The molecule has 5 nitrogen and oxygen atoms in total. The van der Waals surface area contributed by atoms with Gasteiger partial charge in [0, 0.05) is 72.5 Å². The molecule has 11 rings (SSSR count). The first kappa shape index (κ1) is 45.5. The maximum Gasteiger partial charge on any atom is 0.135 e. The number of nitrogens with zero attached hydrogens (tertiary/aromatic N) is 4. The summed E-state index contributed by atoms with van der Waals surface area (Å²) in [6, 6.07) is 67.3. The third-order valence-corrected chi connectivity index (χ3v) is 13.1. The van der Waals surface area contributed by atoms with E-state index in [0.717, 1.165) is 91.0 Å². The van der Waals surface area contributed by atoms with Crippen LogP contribution in [0.5, 0.6) is 11.5 Å². The molecule has 0 atom stereocenters. The van der Waals surface area contributed by atoms with Crippen molar-refractivity contribution in [2.75, 3.05) is 9.80 Å². The molecule has 0 unspecified atom stereocenters. The Bertz CT molecular complexity index is 3480. The van der Waals surface area contributed by atoms with Gasteiger partial charge in [0.1, 0.15) is 11.6 Å². The molecule has 1 aliphatic heterocycles. The summed E-state index contributed by atoms with van der Waals surface area (Å²) in [7, 11) is 0. The number of aryl methyl sites for hydroxylation is 2. The molecule has 0 amide bonds. The Morgan fingerprint density at radius 1 is 0.594 bits per heavy atom. The first-order chi connectivity index (χ1) is 33.2. The van der Waals surface area contributed by atoms with Crippen LogP contribution in [0, 0.1) is 24.6 Å². The van der Waals surface area contributed by atoms with E-state index < -0.39 is 0 Å². The van der Waals surface area contributed by atoms with Crippen molar-refractivity contribution in [2.24, 2.45) is 0 Å². The molecule has 344 valence electrons. The van der Waals surface area contributed by atoms with Gasteiger partial charge in [0.2, 0.25) is 0 Å². The number of fused-ring (bicyclic) bond motifs is 4. The molecule has 0 saturated heterocycles. The van der Waals surface area contributed by atoms with Crippen LogP contribution in [0.1, 0.15) is 51.3 Å². The van der Waals surface area contributed by atoms with Crippen LogP contribution in [0.3, 0.4) is 0 Å². The predicted molar refractivity (Wildman–Crippen MR) is 278 cm³/mol. The van der Waals surface area contributed by atoms with Crippen molar-refractivity contribution in [1.29, 1.82) is 0 Å². The minimum Gasteiger partial charge on any atom is -0.509 e. The number of benzene rings is 8. The van der Waals surface area contributed by atoms with Crippen molar-refractivity contribution in [3.63, 3.8) is 0 Å². The van der Waals surface area contributed by atoms with Crippen LogP contribution in [0.15, 0.2) is 182 Å². The second-order valence-electron chi connectivity index (χ2n) is 18.4. The van der Waals surface area contributed by atoms with Gasteiger partial charge in [-0.2, -0.15) is 6.07 Å². The van der Waals surface area contributed by atoms with E-state index in [2.05, 4.69) is 207 Å². The van der Waals surface area contributed by atoms with Crippen LogP contribution < -0.4 is 14.5 Å². The fourth-order valence-electron chi connectivity index (χ4n) is 9.77. The number of halogens is 1. The van der Waals surface area contributed by atoms with Crippen LogP contribution in [0.25, 0.3) is 61.0 Å². The molecule has 2 aromatic heterocycles. The Kier molecular flexibility index (Phi) is 12.3. The van der Waals surface area contributed by atoms with Gasteiger partial charge in [0.25, 0.3) is 0 Å². The van der Waals surface area contributed by atoms with E-state index in [9.17, 15) is 4.39 Å². The second-order valence-corrected chi connectivity index (χ2v) is 18.4. The molecule has 0 fully saturated rings. The number of hydrogen-bond donors (Lipinski definition) is 0. The molecule has 0 N–H and O–H groups in total. The Labute approximate surface area is 418 Å². The minimum atomic E-state index is -0.272. The van der Waals surface area contributed by atoms with Crippen molar-refractivity contribution >= 4 is 44.6 Å². The van der Waals surface area contributed by atoms with E-state index in [1.807, 2.05) is 30.5 Å². The SMILES string of the molecule is CCc1cccc(CC)c1-c1cc(Oc2[c-]c3c(cc2)c2ccccc2n3-c2cc(C(C)(C)C)ccn2)[c-]c(N2[CH-]N(c3c(-c4ccccc4)cccc3-c3ccc(F)cc3)c3ccccc32)c1.[Pt]. The summed E-state index contributed by atoms with van der Waals surface area (Å²) in [6.07, 6.45) is 3.65. The first-order valence-electron chi connectivity index (χ1n) is 23.4. The number of hydrogen-bond acceptors (Lipinski definition) is 4. The molecule has 8 aromatic carbocycles. The molecule has 0 aliphatic carbocycles. The largest absolute Gasteiger partial charge is 0.509 e. The summed E-state index contributed by atoms with van der Waals surface area (Å²) in [5.74, 6) is 1.70. The third kappa shape index (κ3) is 8.42. The maximum absolute atomic E-state index is 14.4. The number of para-hydroxylation sites is 4. The fourth-order valence-corrected chi connectivity index (χ4v) is 9.77. The van der Waals surface area contributed by atoms with Crippen molar-refractivity contribution in [2.45, 2.75) is 52.9 Å². The van der Waals surface area contributed by atoms with Gasteiger partial charge in [-0.25, -0.2) is 9.37 Å². The standard InChI is InChI=1S/C62H50FN4O.Pt/c1-6-41-19-15-20-42(7-2)60(41)45-35-48(38-50(36-45)68-49-31-32-54-53-21-11-12-24-55(53)67(58(54)39-49)59-37-46(33-34-64-59)62(3,4)5)65-40-66(57-26-14-13-25-56(57)65)61-51(43-17-9-8-10-18-43)22-16-23-52(61)44-27-29-47(63)30-28-44;/h8-37,40H,6-7H2,1-5H3;/q-3;. The summed E-state index contributed by atoms with van der Waals surface area (Å²) in [5.41, 5.74) is 15.7. The molecule has 69 heavy (non-hydrogen) atoms.